The van der Waals surface area contributed by atoms with Gasteiger partial charge < -0.3 is 4.90 Å². The van der Waals surface area contributed by atoms with E-state index in [0.717, 1.165) is 0 Å². The maximum absolute atomic E-state index is 11.0. The van der Waals surface area contributed by atoms with Gasteiger partial charge in [-0.25, -0.2) is 4.99 Å². The molecule has 0 spiro atoms. The monoisotopic (exact) mass is 150 g/mol. The first-order valence-electron chi connectivity index (χ1n) is 3.19. The average Bonchev–Trinajstić information content (AvgIpc) is 2.35. The number of carbonyl (C=O) groups is 1. The van der Waals surface area contributed by atoms with E-state index in [2.05, 4.69) is 15.0 Å². The van der Waals surface area contributed by atoms with Gasteiger partial charge in [0.2, 0.25) is 0 Å². The van der Waals surface area contributed by atoms with Gasteiger partial charge in [0, 0.05) is 7.05 Å². The van der Waals surface area contributed by atoms with Crippen LogP contribution in [0.15, 0.2) is 15.0 Å². The Kier molecular flexibility index (Phi) is 1.12. The molecule has 0 saturated heterocycles. The molecule has 0 aromatic rings. The van der Waals surface area contributed by atoms with Gasteiger partial charge >= 0.3 is 0 Å². The van der Waals surface area contributed by atoms with E-state index in [1.807, 2.05) is 0 Å². The maximum atomic E-state index is 11.0. The van der Waals surface area contributed by atoms with Crippen molar-refractivity contribution < 1.29 is 4.79 Å². The zero-order chi connectivity index (χ0) is 7.84. The number of nitrogens with zero attached hydrogens (tertiary/aromatic N) is 4. The second-order valence-electron chi connectivity index (χ2n) is 2.35. The fourth-order valence-electron chi connectivity index (χ4n) is 1.04. The molecule has 2 aliphatic heterocycles. The Morgan fingerprint density at radius 1 is 1.64 bits per heavy atom. The third kappa shape index (κ3) is 0.772. The molecule has 0 radical (unpaired) electrons. The van der Waals surface area contributed by atoms with Crippen LogP contribution in [0.25, 0.3) is 0 Å². The van der Waals surface area contributed by atoms with Gasteiger partial charge in [-0.2, -0.15) is 4.99 Å². The van der Waals surface area contributed by atoms with E-state index >= 15 is 0 Å². The average molecular weight is 150 g/mol. The maximum Gasteiger partial charge on any atom is 0.279 e. The molecule has 2 heterocycles. The summed E-state index contributed by atoms with van der Waals surface area (Å²) in [6.07, 6.45) is 2.84. The van der Waals surface area contributed by atoms with Crippen molar-refractivity contribution in [3.8, 4) is 0 Å². The number of carbonyl (C=O) groups excluding carboxylic acids is 1. The molecule has 5 nitrogen and oxygen atoms in total. The van der Waals surface area contributed by atoms with E-state index < -0.39 is 6.04 Å². The first-order valence-corrected chi connectivity index (χ1v) is 3.19. The summed E-state index contributed by atoms with van der Waals surface area (Å²) in [5, 5.41) is 0. The van der Waals surface area contributed by atoms with Crippen LogP contribution in [0.2, 0.25) is 0 Å². The Labute approximate surface area is 63.2 Å². The molecule has 2 rings (SSSR count). The molecular weight excluding hydrogens is 144 g/mol. The second kappa shape index (κ2) is 1.98. The molecular formula is C6H6N4O. The quantitative estimate of drug-likeness (QED) is 0.458. The fraction of sp³-hybridized carbons (Fsp3) is 0.333. The lowest BCUT2D eigenvalue weighted by Crippen LogP contribution is -2.34. The first-order chi connectivity index (χ1) is 5.29. The van der Waals surface area contributed by atoms with Crippen LogP contribution in [-0.4, -0.2) is 42.4 Å². The minimum atomic E-state index is -0.481. The molecule has 0 aliphatic carbocycles. The van der Waals surface area contributed by atoms with E-state index in [1.165, 1.54) is 6.34 Å². The van der Waals surface area contributed by atoms with E-state index in [0.29, 0.717) is 5.84 Å². The molecule has 11 heavy (non-hydrogen) atoms. The largest absolute Gasteiger partial charge is 0.322 e. The van der Waals surface area contributed by atoms with Crippen molar-refractivity contribution in [3.63, 3.8) is 0 Å². The smallest absolute Gasteiger partial charge is 0.279 e. The van der Waals surface area contributed by atoms with Crippen LogP contribution in [-0.2, 0) is 4.79 Å². The van der Waals surface area contributed by atoms with Crippen molar-refractivity contribution in [1.82, 2.24) is 4.90 Å². The summed E-state index contributed by atoms with van der Waals surface area (Å²) in [5.41, 5.74) is 0. The Balaban J connectivity index is 2.41. The fourth-order valence-corrected chi connectivity index (χ4v) is 1.04. The number of amides is 1. The van der Waals surface area contributed by atoms with Gasteiger partial charge in [0.25, 0.3) is 5.91 Å². The SMILES string of the molecule is CN1C=NC2C(=O)N=CN=C21. The summed E-state index contributed by atoms with van der Waals surface area (Å²) in [5.74, 6) is 0.417. The van der Waals surface area contributed by atoms with Gasteiger partial charge in [-0.3, -0.25) is 9.79 Å². The van der Waals surface area contributed by atoms with Gasteiger partial charge in [-0.1, -0.05) is 0 Å². The molecule has 1 unspecified atom stereocenters. The van der Waals surface area contributed by atoms with Crippen LogP contribution in [0.1, 0.15) is 0 Å². The predicted molar refractivity (Wildman–Crippen MR) is 41.0 cm³/mol. The summed E-state index contributed by atoms with van der Waals surface area (Å²) in [6, 6.07) is -0.481. The molecule has 2 aliphatic rings. The summed E-state index contributed by atoms with van der Waals surface area (Å²) in [4.78, 5) is 24.1. The molecule has 1 atom stereocenters. The Morgan fingerprint density at radius 2 is 2.45 bits per heavy atom. The summed E-state index contributed by atoms with van der Waals surface area (Å²) in [6.45, 7) is 0. The van der Waals surface area contributed by atoms with E-state index in [4.69, 9.17) is 0 Å². The minimum Gasteiger partial charge on any atom is -0.322 e. The summed E-state index contributed by atoms with van der Waals surface area (Å²) >= 11 is 0. The van der Waals surface area contributed by atoms with Gasteiger partial charge in [0.05, 0.1) is 6.34 Å². The number of hydrogen-bond acceptors (Lipinski definition) is 4. The normalized spacial score (nSPS) is 27.4. The van der Waals surface area contributed by atoms with Crippen molar-refractivity contribution >= 4 is 24.4 Å². The Bertz CT molecular complexity index is 291. The zero-order valence-corrected chi connectivity index (χ0v) is 5.93. The molecule has 56 valence electrons. The van der Waals surface area contributed by atoms with Crippen molar-refractivity contribution in [3.05, 3.63) is 0 Å². The van der Waals surface area contributed by atoms with Crippen molar-refractivity contribution in [2.75, 3.05) is 7.05 Å². The second-order valence-corrected chi connectivity index (χ2v) is 2.35. The van der Waals surface area contributed by atoms with Crippen molar-refractivity contribution in [1.29, 1.82) is 0 Å². The molecule has 5 heteroatoms. The van der Waals surface area contributed by atoms with Gasteiger partial charge in [-0.05, 0) is 0 Å². The third-order valence-electron chi connectivity index (χ3n) is 1.60. The van der Waals surface area contributed by atoms with Crippen LogP contribution in [0, 0.1) is 0 Å². The van der Waals surface area contributed by atoms with Crippen LogP contribution in [0.5, 0.6) is 0 Å². The number of amidine groups is 1. The topological polar surface area (TPSA) is 57.4 Å². The first kappa shape index (κ1) is 6.21. The van der Waals surface area contributed by atoms with Crippen LogP contribution >= 0.6 is 0 Å². The van der Waals surface area contributed by atoms with E-state index in [1.54, 1.807) is 18.3 Å². The lowest BCUT2D eigenvalue weighted by molar-refractivity contribution is -0.117. The minimum absolute atomic E-state index is 0.240. The molecule has 0 saturated carbocycles. The molecule has 0 aromatic heterocycles. The number of likely N-dealkylation sites (N-methyl/N-ethyl adjacent to an activating group) is 1. The predicted octanol–water partition coefficient (Wildman–Crippen LogP) is -0.704. The third-order valence-corrected chi connectivity index (χ3v) is 1.60. The van der Waals surface area contributed by atoms with Crippen molar-refractivity contribution in [2.24, 2.45) is 15.0 Å². The van der Waals surface area contributed by atoms with Crippen LogP contribution in [0.3, 0.4) is 0 Å². The van der Waals surface area contributed by atoms with E-state index in [-0.39, 0.29) is 5.91 Å². The van der Waals surface area contributed by atoms with E-state index in [9.17, 15) is 4.79 Å². The highest BCUT2D eigenvalue weighted by atomic mass is 16.1. The van der Waals surface area contributed by atoms with Gasteiger partial charge in [0.15, 0.2) is 6.04 Å². The highest BCUT2D eigenvalue weighted by Crippen LogP contribution is 2.09. The standard InChI is InChI=1S/C6H6N4O/c1-10-3-9-4-5(10)7-2-8-6(4)11/h2-4H,1H3. The van der Waals surface area contributed by atoms with Crippen molar-refractivity contribution in [2.45, 2.75) is 6.04 Å². The summed E-state index contributed by atoms with van der Waals surface area (Å²) < 4.78 is 0. The number of aliphatic imine (C=N–C) groups is 3. The lowest BCUT2D eigenvalue weighted by atomic mass is 10.2. The summed E-state index contributed by atoms with van der Waals surface area (Å²) in [7, 11) is 1.80. The van der Waals surface area contributed by atoms with Gasteiger partial charge in [-0.15, -0.1) is 0 Å². The van der Waals surface area contributed by atoms with Crippen LogP contribution < -0.4 is 0 Å². The number of rotatable bonds is 0. The molecule has 0 N–H and O–H groups in total. The highest BCUT2D eigenvalue weighted by molar-refractivity contribution is 6.19. The Hall–Kier alpha value is -1.52. The molecule has 1 amide bonds. The Morgan fingerprint density at radius 3 is 3.18 bits per heavy atom. The number of fused-ring (bicyclic) bond motifs is 1. The van der Waals surface area contributed by atoms with Gasteiger partial charge in [0.1, 0.15) is 12.2 Å². The number of hydrogen-bond donors (Lipinski definition) is 0. The highest BCUT2D eigenvalue weighted by Gasteiger charge is 2.31. The molecule has 0 aromatic carbocycles. The lowest BCUT2D eigenvalue weighted by Gasteiger charge is -2.12. The molecule has 0 bridgehead atoms. The molecule has 0 fully saturated rings. The zero-order valence-electron chi connectivity index (χ0n) is 5.93. The van der Waals surface area contributed by atoms with Crippen LogP contribution in [0.4, 0.5) is 0 Å².